The van der Waals surface area contributed by atoms with Gasteiger partial charge in [-0.05, 0) is 60.5 Å². The van der Waals surface area contributed by atoms with Gasteiger partial charge in [-0.2, -0.15) is 13.2 Å². The number of carbonyl (C=O) groups is 1. The Morgan fingerprint density at radius 1 is 0.889 bits per heavy atom. The fourth-order valence-electron chi connectivity index (χ4n) is 3.67. The predicted molar refractivity (Wildman–Crippen MR) is 135 cm³/mol. The van der Waals surface area contributed by atoms with Crippen LogP contribution in [0.3, 0.4) is 0 Å². The number of benzene rings is 3. The first kappa shape index (κ1) is 25.3. The van der Waals surface area contributed by atoms with Crippen LogP contribution in [-0.2, 0) is 18.5 Å². The second-order valence-electron chi connectivity index (χ2n) is 8.18. The maximum Gasteiger partial charge on any atom is 0.416 e. The molecule has 0 fully saturated rings. The maximum atomic E-state index is 13.1. The van der Waals surface area contributed by atoms with Crippen molar-refractivity contribution >= 4 is 17.7 Å². The molecule has 1 N–H and O–H groups in total. The van der Waals surface area contributed by atoms with E-state index in [9.17, 15) is 22.8 Å². The van der Waals surface area contributed by atoms with Gasteiger partial charge in [-0.15, -0.1) is 11.8 Å². The fourth-order valence-corrected chi connectivity index (χ4v) is 4.52. The number of nitrogens with one attached hydrogen (secondary N) is 1. The Morgan fingerprint density at radius 3 is 2.31 bits per heavy atom. The minimum atomic E-state index is -4.54. The monoisotopic (exact) mass is 508 g/mol. The van der Waals surface area contributed by atoms with Gasteiger partial charge in [0, 0.05) is 28.6 Å². The summed E-state index contributed by atoms with van der Waals surface area (Å²) >= 11 is 1.71. The Hall–Kier alpha value is -3.78. The number of rotatable bonds is 7. The van der Waals surface area contributed by atoms with Crippen molar-refractivity contribution in [1.29, 1.82) is 0 Å². The first-order valence-corrected chi connectivity index (χ1v) is 12.1. The number of alkyl halides is 3. The van der Waals surface area contributed by atoms with Crippen molar-refractivity contribution in [3.05, 3.63) is 129 Å². The lowest BCUT2D eigenvalue weighted by Gasteiger charge is -2.14. The zero-order chi connectivity index (χ0) is 25.7. The van der Waals surface area contributed by atoms with E-state index >= 15 is 0 Å². The van der Waals surface area contributed by atoms with Crippen LogP contribution in [0.2, 0.25) is 0 Å². The Balaban J connectivity index is 1.45. The molecule has 1 heterocycles. The second-order valence-corrected chi connectivity index (χ2v) is 9.23. The molecule has 4 aromatic rings. The highest BCUT2D eigenvalue weighted by molar-refractivity contribution is 7.98. The Bertz CT molecular complexity index is 1420. The van der Waals surface area contributed by atoms with Crippen molar-refractivity contribution in [2.45, 2.75) is 30.3 Å². The number of aryl methyl sites for hydroxylation is 1. The molecule has 4 nitrogen and oxygen atoms in total. The molecule has 0 radical (unpaired) electrons. The molecule has 0 unspecified atom stereocenters. The molecular formula is C28H23F3N2O2S. The molecule has 0 aliphatic heterocycles. The minimum absolute atomic E-state index is 0.0468. The highest BCUT2D eigenvalue weighted by Crippen LogP contribution is 2.30. The molecule has 0 bridgehead atoms. The van der Waals surface area contributed by atoms with Gasteiger partial charge < -0.3 is 5.32 Å². The van der Waals surface area contributed by atoms with Gasteiger partial charge in [-0.25, -0.2) is 0 Å². The van der Waals surface area contributed by atoms with Crippen LogP contribution in [0.25, 0.3) is 5.69 Å². The van der Waals surface area contributed by atoms with E-state index in [-0.39, 0.29) is 17.8 Å². The largest absolute Gasteiger partial charge is 0.416 e. The average molecular weight is 509 g/mol. The summed E-state index contributed by atoms with van der Waals surface area (Å²) in [5.74, 6) is 0.255. The van der Waals surface area contributed by atoms with Crippen LogP contribution in [0.15, 0.2) is 101 Å². The van der Waals surface area contributed by atoms with Crippen molar-refractivity contribution in [3.63, 3.8) is 0 Å². The third kappa shape index (κ3) is 6.07. The van der Waals surface area contributed by atoms with Crippen LogP contribution in [0, 0.1) is 6.92 Å². The van der Waals surface area contributed by atoms with Gasteiger partial charge in [0.2, 0.25) is 0 Å². The zero-order valence-electron chi connectivity index (χ0n) is 19.4. The van der Waals surface area contributed by atoms with Crippen LogP contribution in [0.1, 0.15) is 32.7 Å². The van der Waals surface area contributed by atoms with E-state index in [1.807, 2.05) is 42.5 Å². The molecule has 3 aromatic carbocycles. The highest BCUT2D eigenvalue weighted by atomic mass is 32.2. The van der Waals surface area contributed by atoms with Gasteiger partial charge in [-0.3, -0.25) is 14.2 Å². The van der Waals surface area contributed by atoms with Crippen molar-refractivity contribution in [2.75, 3.05) is 0 Å². The number of aromatic nitrogens is 1. The summed E-state index contributed by atoms with van der Waals surface area (Å²) in [6, 6.07) is 25.3. The number of carbonyl (C=O) groups excluding carboxylic acids is 1. The quantitative estimate of drug-likeness (QED) is 0.295. The van der Waals surface area contributed by atoms with Gasteiger partial charge in [0.05, 0.1) is 5.56 Å². The third-order valence-corrected chi connectivity index (χ3v) is 6.66. The first-order valence-electron chi connectivity index (χ1n) is 11.2. The molecule has 8 heteroatoms. The Kier molecular flexibility index (Phi) is 7.64. The standard InChI is InChI=1S/C28H23F3N2O2S/c1-19-10-15-25(27(35)33(19)23-9-5-8-22(16-23)28(29,30)31)26(34)32-17-20-11-13-24(14-12-20)36-18-21-6-3-2-4-7-21/h2-16H,17-18H2,1H3,(H,32,34). The van der Waals surface area contributed by atoms with Crippen LogP contribution >= 0.6 is 11.8 Å². The van der Waals surface area contributed by atoms with E-state index in [1.165, 1.54) is 29.8 Å². The molecule has 36 heavy (non-hydrogen) atoms. The van der Waals surface area contributed by atoms with E-state index in [4.69, 9.17) is 0 Å². The lowest BCUT2D eigenvalue weighted by atomic mass is 10.1. The summed E-state index contributed by atoms with van der Waals surface area (Å²) in [5.41, 5.74) is 0.856. The highest BCUT2D eigenvalue weighted by Gasteiger charge is 2.30. The first-order chi connectivity index (χ1) is 17.2. The molecular weight excluding hydrogens is 485 g/mol. The van der Waals surface area contributed by atoms with E-state index in [0.717, 1.165) is 32.9 Å². The van der Waals surface area contributed by atoms with Crippen LogP contribution < -0.4 is 10.9 Å². The number of amides is 1. The fraction of sp³-hybridized carbons (Fsp3) is 0.143. The minimum Gasteiger partial charge on any atom is -0.348 e. The molecule has 0 saturated carbocycles. The lowest BCUT2D eigenvalue weighted by Crippen LogP contribution is -2.33. The smallest absolute Gasteiger partial charge is 0.348 e. The average Bonchev–Trinajstić information content (AvgIpc) is 2.87. The maximum absolute atomic E-state index is 13.1. The molecule has 1 amide bonds. The lowest BCUT2D eigenvalue weighted by molar-refractivity contribution is -0.137. The van der Waals surface area contributed by atoms with Crippen molar-refractivity contribution in [2.24, 2.45) is 0 Å². The van der Waals surface area contributed by atoms with Crippen LogP contribution in [-0.4, -0.2) is 10.5 Å². The number of thioether (sulfide) groups is 1. The van der Waals surface area contributed by atoms with Crippen molar-refractivity contribution < 1.29 is 18.0 Å². The number of hydrogen-bond acceptors (Lipinski definition) is 3. The van der Waals surface area contributed by atoms with Crippen LogP contribution in [0.5, 0.6) is 0 Å². The van der Waals surface area contributed by atoms with Crippen molar-refractivity contribution in [1.82, 2.24) is 9.88 Å². The number of nitrogens with zero attached hydrogens (tertiary/aromatic N) is 1. The number of hydrogen-bond donors (Lipinski definition) is 1. The van der Waals surface area contributed by atoms with E-state index < -0.39 is 23.2 Å². The van der Waals surface area contributed by atoms with E-state index in [1.54, 1.807) is 18.7 Å². The predicted octanol–water partition coefficient (Wildman–Crippen LogP) is 6.39. The zero-order valence-corrected chi connectivity index (χ0v) is 20.2. The molecule has 0 aliphatic rings. The normalized spacial score (nSPS) is 11.3. The Labute approximate surface area is 210 Å². The number of halogens is 3. The van der Waals surface area contributed by atoms with E-state index in [2.05, 4.69) is 17.4 Å². The number of pyridine rings is 1. The van der Waals surface area contributed by atoms with Gasteiger partial charge >= 0.3 is 6.18 Å². The summed E-state index contributed by atoms with van der Waals surface area (Å²) in [6.07, 6.45) is -4.54. The van der Waals surface area contributed by atoms with E-state index in [0.29, 0.717) is 5.69 Å². The molecule has 1 aromatic heterocycles. The van der Waals surface area contributed by atoms with Crippen molar-refractivity contribution in [3.8, 4) is 5.69 Å². The SMILES string of the molecule is Cc1ccc(C(=O)NCc2ccc(SCc3ccccc3)cc2)c(=O)n1-c1cccc(C(F)(F)F)c1. The van der Waals surface area contributed by atoms with Gasteiger partial charge in [0.15, 0.2) is 0 Å². The molecule has 0 spiro atoms. The van der Waals surface area contributed by atoms with Crippen LogP contribution in [0.4, 0.5) is 13.2 Å². The summed E-state index contributed by atoms with van der Waals surface area (Å²) < 4.78 is 40.6. The summed E-state index contributed by atoms with van der Waals surface area (Å²) in [5, 5.41) is 2.73. The molecule has 0 saturated heterocycles. The molecule has 184 valence electrons. The summed E-state index contributed by atoms with van der Waals surface area (Å²) in [4.78, 5) is 26.9. The van der Waals surface area contributed by atoms with Gasteiger partial charge in [0.1, 0.15) is 5.56 Å². The topological polar surface area (TPSA) is 51.1 Å². The second kappa shape index (κ2) is 10.9. The summed E-state index contributed by atoms with van der Waals surface area (Å²) in [6.45, 7) is 1.81. The molecule has 0 aliphatic carbocycles. The van der Waals surface area contributed by atoms with Gasteiger partial charge in [0.25, 0.3) is 11.5 Å². The van der Waals surface area contributed by atoms with Gasteiger partial charge in [-0.1, -0.05) is 48.5 Å². The molecule has 0 atom stereocenters. The summed E-state index contributed by atoms with van der Waals surface area (Å²) in [7, 11) is 0. The third-order valence-electron chi connectivity index (χ3n) is 5.58. The molecule has 4 rings (SSSR count). The Morgan fingerprint density at radius 2 is 1.61 bits per heavy atom.